The highest BCUT2D eigenvalue weighted by Crippen LogP contribution is 2.32. The Balaban J connectivity index is 1.44. The third kappa shape index (κ3) is 6.17. The molecule has 0 spiro atoms. The molecule has 3 N–H and O–H groups in total. The number of aromatic amines is 1. The number of aromatic nitrogens is 1. The number of carbonyl (C=O) groups is 1. The van der Waals surface area contributed by atoms with Crippen LogP contribution in [-0.2, 0) is 0 Å². The zero-order chi connectivity index (χ0) is 25.5. The van der Waals surface area contributed by atoms with E-state index in [2.05, 4.69) is 51.5 Å². The lowest BCUT2D eigenvalue weighted by atomic mass is 10.0. The summed E-state index contributed by atoms with van der Waals surface area (Å²) in [5.41, 5.74) is 2.58. The molecule has 1 amide bonds. The quantitative estimate of drug-likeness (QED) is 0.439. The maximum atomic E-state index is 12.8. The monoisotopic (exact) mass is 491 g/mol. The van der Waals surface area contributed by atoms with Crippen LogP contribution in [0.1, 0.15) is 18.4 Å². The Morgan fingerprint density at radius 1 is 1.08 bits per heavy atom. The molecule has 0 saturated carbocycles. The number of nitrogens with one attached hydrogen (secondary N) is 3. The highest BCUT2D eigenvalue weighted by Gasteiger charge is 2.20. The van der Waals surface area contributed by atoms with Crippen LogP contribution in [-0.4, -0.2) is 62.9 Å². The summed E-state index contributed by atoms with van der Waals surface area (Å²) in [5, 5.41) is 5.98. The number of amides is 1. The standard InChI is InChI=1S/C27H33N5O4/c1-19(20-7-5-4-6-8-20)18-29-22-11-12-28-26(33)25(22)36-27(34)30-21-9-10-24(35-3)23(17-21)32-15-13-31(2)14-16-32/h4-12,17,19H,13-16,18H2,1-3H3,(H,30,34)(H2,28,29,33). The summed E-state index contributed by atoms with van der Waals surface area (Å²) in [7, 11) is 3.73. The summed E-state index contributed by atoms with van der Waals surface area (Å²) >= 11 is 0. The molecule has 0 radical (unpaired) electrons. The van der Waals surface area contributed by atoms with Gasteiger partial charge in [-0.1, -0.05) is 37.3 Å². The molecule has 1 unspecified atom stereocenters. The number of pyridine rings is 1. The van der Waals surface area contributed by atoms with Crippen molar-refractivity contribution in [3.8, 4) is 11.5 Å². The van der Waals surface area contributed by atoms with Crippen LogP contribution in [0.5, 0.6) is 11.5 Å². The third-order valence-corrected chi connectivity index (χ3v) is 6.35. The van der Waals surface area contributed by atoms with Gasteiger partial charge in [0.15, 0.2) is 0 Å². The lowest BCUT2D eigenvalue weighted by Gasteiger charge is -2.34. The number of rotatable bonds is 8. The molecule has 9 nitrogen and oxygen atoms in total. The number of likely N-dealkylation sites (N-methyl/N-ethyl adjacent to an activating group) is 1. The molecule has 1 aliphatic rings. The van der Waals surface area contributed by atoms with Gasteiger partial charge in [0.05, 0.1) is 18.5 Å². The van der Waals surface area contributed by atoms with Crippen LogP contribution in [0.4, 0.5) is 21.9 Å². The second-order valence-corrected chi connectivity index (χ2v) is 8.93. The van der Waals surface area contributed by atoms with Crippen LogP contribution >= 0.6 is 0 Å². The van der Waals surface area contributed by atoms with Crippen molar-refractivity contribution in [2.45, 2.75) is 12.8 Å². The Morgan fingerprint density at radius 2 is 1.83 bits per heavy atom. The maximum Gasteiger partial charge on any atom is 0.417 e. The molecule has 1 atom stereocenters. The van der Waals surface area contributed by atoms with Crippen LogP contribution in [0.25, 0.3) is 0 Å². The van der Waals surface area contributed by atoms with E-state index in [4.69, 9.17) is 9.47 Å². The zero-order valence-electron chi connectivity index (χ0n) is 20.9. The molecule has 190 valence electrons. The van der Waals surface area contributed by atoms with Gasteiger partial charge >= 0.3 is 6.09 Å². The number of hydrogen-bond acceptors (Lipinski definition) is 7. The van der Waals surface area contributed by atoms with Gasteiger partial charge in [-0.25, -0.2) is 4.79 Å². The fourth-order valence-corrected chi connectivity index (χ4v) is 4.17. The number of anilines is 3. The van der Waals surface area contributed by atoms with Gasteiger partial charge in [0.25, 0.3) is 5.56 Å². The fraction of sp³-hybridized carbons (Fsp3) is 0.333. The Bertz CT molecular complexity index is 1220. The molecule has 1 saturated heterocycles. The Labute approximate surface area is 211 Å². The van der Waals surface area contributed by atoms with Crippen LogP contribution in [0.2, 0.25) is 0 Å². The second-order valence-electron chi connectivity index (χ2n) is 8.93. The van der Waals surface area contributed by atoms with Gasteiger partial charge in [-0.2, -0.15) is 0 Å². The second kappa shape index (κ2) is 11.6. The van der Waals surface area contributed by atoms with Crippen molar-refractivity contribution in [2.24, 2.45) is 0 Å². The summed E-state index contributed by atoms with van der Waals surface area (Å²) < 4.78 is 11.0. The minimum absolute atomic E-state index is 0.0805. The molecule has 1 fully saturated rings. The van der Waals surface area contributed by atoms with Gasteiger partial charge < -0.3 is 29.6 Å². The Hall–Kier alpha value is -3.98. The smallest absolute Gasteiger partial charge is 0.417 e. The summed E-state index contributed by atoms with van der Waals surface area (Å²) in [4.78, 5) is 32.3. The van der Waals surface area contributed by atoms with E-state index in [0.29, 0.717) is 17.9 Å². The average Bonchev–Trinajstić information content (AvgIpc) is 2.89. The predicted octanol–water partition coefficient (Wildman–Crippen LogP) is 3.96. The highest BCUT2D eigenvalue weighted by atomic mass is 16.6. The molecule has 4 rings (SSSR count). The first-order valence-electron chi connectivity index (χ1n) is 12.1. The lowest BCUT2D eigenvalue weighted by molar-refractivity contribution is 0.214. The normalized spacial score (nSPS) is 14.7. The van der Waals surface area contributed by atoms with Crippen molar-refractivity contribution in [1.82, 2.24) is 9.88 Å². The van der Waals surface area contributed by atoms with Crippen molar-refractivity contribution in [2.75, 3.05) is 62.4 Å². The minimum atomic E-state index is -0.750. The molecule has 36 heavy (non-hydrogen) atoms. The van der Waals surface area contributed by atoms with E-state index >= 15 is 0 Å². The van der Waals surface area contributed by atoms with Crippen LogP contribution < -0.4 is 30.6 Å². The molecule has 1 aromatic heterocycles. The van der Waals surface area contributed by atoms with E-state index in [1.54, 1.807) is 19.2 Å². The van der Waals surface area contributed by atoms with E-state index in [1.807, 2.05) is 30.3 Å². The van der Waals surface area contributed by atoms with Crippen molar-refractivity contribution >= 4 is 23.2 Å². The number of hydrogen-bond donors (Lipinski definition) is 3. The van der Waals surface area contributed by atoms with E-state index in [-0.39, 0.29) is 11.7 Å². The number of nitrogens with zero attached hydrogens (tertiary/aromatic N) is 2. The summed E-state index contributed by atoms with van der Waals surface area (Å²) in [6, 6.07) is 17.2. The number of methoxy groups -OCH3 is 1. The number of ether oxygens (including phenoxy) is 2. The third-order valence-electron chi connectivity index (χ3n) is 6.35. The fourth-order valence-electron chi connectivity index (χ4n) is 4.17. The van der Waals surface area contributed by atoms with Crippen molar-refractivity contribution in [3.63, 3.8) is 0 Å². The summed E-state index contributed by atoms with van der Waals surface area (Å²) in [6.45, 7) is 6.26. The van der Waals surface area contributed by atoms with Gasteiger partial charge in [-0.05, 0) is 42.8 Å². The van der Waals surface area contributed by atoms with Crippen molar-refractivity contribution < 1.29 is 14.3 Å². The number of piperazine rings is 1. The highest BCUT2D eigenvalue weighted by molar-refractivity contribution is 5.88. The maximum absolute atomic E-state index is 12.8. The first-order valence-corrected chi connectivity index (χ1v) is 12.1. The van der Waals surface area contributed by atoms with Gasteiger partial charge in [-0.15, -0.1) is 0 Å². The lowest BCUT2D eigenvalue weighted by Crippen LogP contribution is -2.44. The Morgan fingerprint density at radius 3 is 2.56 bits per heavy atom. The molecule has 2 aromatic carbocycles. The van der Waals surface area contributed by atoms with E-state index in [0.717, 1.165) is 37.6 Å². The molecular weight excluding hydrogens is 458 g/mol. The SMILES string of the molecule is COc1ccc(NC(=O)Oc2c(NCC(C)c3ccccc3)cc[nH]c2=O)cc1N1CCN(C)CC1. The molecule has 9 heteroatoms. The van der Waals surface area contributed by atoms with Gasteiger partial charge in [-0.3, -0.25) is 10.1 Å². The molecule has 3 aromatic rings. The van der Waals surface area contributed by atoms with Crippen molar-refractivity contribution in [3.05, 3.63) is 76.7 Å². The largest absolute Gasteiger partial charge is 0.495 e. The number of carbonyl (C=O) groups excluding carboxylic acids is 1. The van der Waals surface area contributed by atoms with Crippen LogP contribution in [0, 0.1) is 0 Å². The summed E-state index contributed by atoms with van der Waals surface area (Å²) in [5.74, 6) is 0.847. The molecule has 2 heterocycles. The molecule has 1 aliphatic heterocycles. The topological polar surface area (TPSA) is 98.9 Å². The number of H-pyrrole nitrogens is 1. The summed E-state index contributed by atoms with van der Waals surface area (Å²) in [6.07, 6.45) is 0.773. The molecule has 0 bridgehead atoms. The minimum Gasteiger partial charge on any atom is -0.495 e. The van der Waals surface area contributed by atoms with Crippen molar-refractivity contribution in [1.29, 1.82) is 0 Å². The zero-order valence-corrected chi connectivity index (χ0v) is 20.9. The van der Waals surface area contributed by atoms with E-state index < -0.39 is 11.7 Å². The number of benzene rings is 2. The van der Waals surface area contributed by atoms with Crippen LogP contribution in [0.3, 0.4) is 0 Å². The first-order chi connectivity index (χ1) is 17.4. The first kappa shape index (κ1) is 25.1. The van der Waals surface area contributed by atoms with E-state index in [1.165, 1.54) is 11.8 Å². The van der Waals surface area contributed by atoms with E-state index in [9.17, 15) is 9.59 Å². The Kier molecular flexibility index (Phi) is 8.12. The predicted molar refractivity (Wildman–Crippen MR) is 143 cm³/mol. The average molecular weight is 492 g/mol. The van der Waals surface area contributed by atoms with Crippen LogP contribution in [0.15, 0.2) is 65.6 Å². The van der Waals surface area contributed by atoms with Gasteiger partial charge in [0.2, 0.25) is 5.75 Å². The molecule has 0 aliphatic carbocycles. The van der Waals surface area contributed by atoms with Gasteiger partial charge in [0.1, 0.15) is 5.75 Å². The van der Waals surface area contributed by atoms with Gasteiger partial charge in [0, 0.05) is 44.6 Å². The molecular formula is C27H33N5O4.